The van der Waals surface area contributed by atoms with Gasteiger partial charge in [-0.2, -0.15) is 11.8 Å². The van der Waals surface area contributed by atoms with Gasteiger partial charge in [-0.1, -0.05) is 0 Å². The highest BCUT2D eigenvalue weighted by Gasteiger charge is 2.17. The Kier molecular flexibility index (Phi) is 2.59. The second-order valence-corrected chi connectivity index (χ2v) is 4.69. The summed E-state index contributed by atoms with van der Waals surface area (Å²) in [6.07, 6.45) is 2.08. The van der Waals surface area contributed by atoms with Gasteiger partial charge in [0.15, 0.2) is 4.77 Å². The molecule has 1 aliphatic heterocycles. The molecule has 1 fully saturated rings. The highest BCUT2D eigenvalue weighted by molar-refractivity contribution is 7.99. The van der Waals surface area contributed by atoms with Gasteiger partial charge < -0.3 is 0 Å². The van der Waals surface area contributed by atoms with Crippen LogP contribution in [0.25, 0.3) is 0 Å². The van der Waals surface area contributed by atoms with Gasteiger partial charge in [0.05, 0.1) is 0 Å². The van der Waals surface area contributed by atoms with Crippen LogP contribution < -0.4 is 5.69 Å². The van der Waals surface area contributed by atoms with Crippen LogP contribution in [0.4, 0.5) is 0 Å². The minimum absolute atomic E-state index is 0.109. The number of hydrogen-bond acceptors (Lipinski definition) is 3. The fourth-order valence-electron chi connectivity index (χ4n) is 1.59. The van der Waals surface area contributed by atoms with Crippen molar-refractivity contribution in [1.82, 2.24) is 14.8 Å². The highest BCUT2D eigenvalue weighted by atomic mass is 32.2. The van der Waals surface area contributed by atoms with Crippen molar-refractivity contribution in [2.75, 3.05) is 11.5 Å². The average molecular weight is 217 g/mol. The second-order valence-electron chi connectivity index (χ2n) is 3.07. The van der Waals surface area contributed by atoms with E-state index >= 15 is 0 Å². The SMILES string of the molecule is O=c1[nH][nH]c(=S)n1C1CCSCC1. The molecule has 0 spiro atoms. The van der Waals surface area contributed by atoms with Crippen LogP contribution in [0.15, 0.2) is 4.79 Å². The summed E-state index contributed by atoms with van der Waals surface area (Å²) < 4.78 is 2.18. The third-order valence-corrected chi connectivity index (χ3v) is 3.62. The van der Waals surface area contributed by atoms with E-state index in [1.54, 1.807) is 4.57 Å². The van der Waals surface area contributed by atoms with Gasteiger partial charge in [-0.3, -0.25) is 9.67 Å². The van der Waals surface area contributed by atoms with Gasteiger partial charge in [-0.15, -0.1) is 0 Å². The minimum atomic E-state index is -0.109. The summed E-state index contributed by atoms with van der Waals surface area (Å²) in [5.41, 5.74) is -0.109. The molecule has 0 aliphatic carbocycles. The molecule has 13 heavy (non-hydrogen) atoms. The van der Waals surface area contributed by atoms with Crippen LogP contribution in [-0.4, -0.2) is 26.3 Å². The number of aromatic amines is 2. The molecule has 0 bridgehead atoms. The monoisotopic (exact) mass is 217 g/mol. The van der Waals surface area contributed by atoms with Crippen molar-refractivity contribution in [2.24, 2.45) is 0 Å². The third kappa shape index (κ3) is 1.73. The Bertz CT molecular complexity index is 357. The van der Waals surface area contributed by atoms with E-state index < -0.39 is 0 Å². The predicted molar refractivity (Wildman–Crippen MR) is 55.8 cm³/mol. The molecule has 1 saturated heterocycles. The number of thioether (sulfide) groups is 1. The molecule has 2 rings (SSSR count). The summed E-state index contributed by atoms with van der Waals surface area (Å²) in [6.45, 7) is 0. The molecule has 0 saturated carbocycles. The Balaban J connectivity index is 2.33. The van der Waals surface area contributed by atoms with E-state index in [2.05, 4.69) is 10.2 Å². The van der Waals surface area contributed by atoms with Crippen LogP contribution in [0, 0.1) is 4.77 Å². The molecule has 0 unspecified atom stereocenters. The van der Waals surface area contributed by atoms with Gasteiger partial charge in [-0.05, 0) is 36.6 Å². The molecule has 0 radical (unpaired) electrons. The van der Waals surface area contributed by atoms with E-state index in [4.69, 9.17) is 12.2 Å². The Labute approximate surface area is 84.7 Å². The van der Waals surface area contributed by atoms with Crippen LogP contribution in [-0.2, 0) is 0 Å². The topological polar surface area (TPSA) is 53.6 Å². The average Bonchev–Trinajstić information content (AvgIpc) is 2.48. The molecule has 0 amide bonds. The van der Waals surface area contributed by atoms with Crippen molar-refractivity contribution in [3.8, 4) is 0 Å². The molecular weight excluding hydrogens is 206 g/mol. The molecule has 4 nitrogen and oxygen atoms in total. The van der Waals surface area contributed by atoms with Gasteiger partial charge in [0.1, 0.15) is 0 Å². The summed E-state index contributed by atoms with van der Waals surface area (Å²) in [5, 5.41) is 5.17. The van der Waals surface area contributed by atoms with Gasteiger partial charge in [0.2, 0.25) is 0 Å². The molecule has 1 aliphatic rings. The zero-order valence-electron chi connectivity index (χ0n) is 7.08. The zero-order valence-corrected chi connectivity index (χ0v) is 8.71. The standard InChI is InChI=1S/C7H11N3OS2/c11-6-8-9-7(12)10(6)5-1-3-13-4-2-5/h5H,1-4H2,(H,8,11)(H,9,12). The van der Waals surface area contributed by atoms with Crippen molar-refractivity contribution in [3.63, 3.8) is 0 Å². The van der Waals surface area contributed by atoms with Gasteiger partial charge in [0.25, 0.3) is 0 Å². The normalized spacial score (nSPS) is 19.1. The number of H-pyrrole nitrogens is 2. The summed E-state index contributed by atoms with van der Waals surface area (Å²) in [5.74, 6) is 2.24. The first-order chi connectivity index (χ1) is 6.29. The lowest BCUT2D eigenvalue weighted by atomic mass is 10.1. The summed E-state index contributed by atoms with van der Waals surface area (Å²) in [4.78, 5) is 11.3. The maximum atomic E-state index is 11.3. The fourth-order valence-corrected chi connectivity index (χ4v) is 2.96. The van der Waals surface area contributed by atoms with E-state index in [9.17, 15) is 4.79 Å². The quantitative estimate of drug-likeness (QED) is 0.697. The molecular formula is C7H11N3OS2. The molecule has 0 aromatic carbocycles. The number of hydrogen-bond donors (Lipinski definition) is 2. The summed E-state index contributed by atoms with van der Waals surface area (Å²) >= 11 is 6.96. The molecule has 72 valence electrons. The lowest BCUT2D eigenvalue weighted by Gasteiger charge is -2.21. The van der Waals surface area contributed by atoms with Crippen LogP contribution in [0.5, 0.6) is 0 Å². The second kappa shape index (κ2) is 3.71. The van der Waals surface area contributed by atoms with Crippen LogP contribution >= 0.6 is 24.0 Å². The van der Waals surface area contributed by atoms with E-state index in [0.29, 0.717) is 10.8 Å². The molecule has 0 atom stereocenters. The Morgan fingerprint density at radius 1 is 1.38 bits per heavy atom. The van der Waals surface area contributed by atoms with Crippen molar-refractivity contribution < 1.29 is 0 Å². The zero-order chi connectivity index (χ0) is 9.26. The molecule has 1 aromatic rings. The first-order valence-electron chi connectivity index (χ1n) is 4.26. The lowest BCUT2D eigenvalue weighted by molar-refractivity contribution is 0.452. The minimum Gasteiger partial charge on any atom is -0.272 e. The van der Waals surface area contributed by atoms with Crippen LogP contribution in [0.1, 0.15) is 18.9 Å². The summed E-state index contributed by atoms with van der Waals surface area (Å²) in [6, 6.07) is 0.295. The van der Waals surface area contributed by atoms with Crippen LogP contribution in [0.2, 0.25) is 0 Å². The van der Waals surface area contributed by atoms with E-state index in [1.807, 2.05) is 11.8 Å². The van der Waals surface area contributed by atoms with Crippen molar-refractivity contribution in [3.05, 3.63) is 15.3 Å². The van der Waals surface area contributed by atoms with Gasteiger partial charge >= 0.3 is 5.69 Å². The summed E-state index contributed by atoms with van der Waals surface area (Å²) in [7, 11) is 0. The number of nitrogens with zero attached hydrogens (tertiary/aromatic N) is 1. The first kappa shape index (κ1) is 9.08. The highest BCUT2D eigenvalue weighted by Crippen LogP contribution is 2.25. The maximum absolute atomic E-state index is 11.3. The Hall–Kier alpha value is -0.490. The number of aromatic nitrogens is 3. The van der Waals surface area contributed by atoms with Gasteiger partial charge in [0, 0.05) is 6.04 Å². The molecule has 6 heteroatoms. The molecule has 2 N–H and O–H groups in total. The maximum Gasteiger partial charge on any atom is 0.342 e. The smallest absolute Gasteiger partial charge is 0.272 e. The number of rotatable bonds is 1. The van der Waals surface area contributed by atoms with Gasteiger partial charge in [-0.25, -0.2) is 9.89 Å². The third-order valence-electron chi connectivity index (χ3n) is 2.27. The van der Waals surface area contributed by atoms with E-state index in [0.717, 1.165) is 24.3 Å². The largest absolute Gasteiger partial charge is 0.342 e. The number of nitrogens with one attached hydrogen (secondary N) is 2. The fraction of sp³-hybridized carbons (Fsp3) is 0.714. The predicted octanol–water partition coefficient (Wildman–Crippen LogP) is 1.30. The first-order valence-corrected chi connectivity index (χ1v) is 5.82. The van der Waals surface area contributed by atoms with Crippen molar-refractivity contribution in [1.29, 1.82) is 0 Å². The molecule has 1 aromatic heterocycles. The van der Waals surface area contributed by atoms with Crippen LogP contribution in [0.3, 0.4) is 0 Å². The lowest BCUT2D eigenvalue weighted by Crippen LogP contribution is -2.25. The Morgan fingerprint density at radius 3 is 2.62 bits per heavy atom. The van der Waals surface area contributed by atoms with Crippen molar-refractivity contribution in [2.45, 2.75) is 18.9 Å². The van der Waals surface area contributed by atoms with E-state index in [-0.39, 0.29) is 5.69 Å². The Morgan fingerprint density at radius 2 is 2.08 bits per heavy atom. The molecule has 2 heterocycles. The van der Waals surface area contributed by atoms with Crippen molar-refractivity contribution >= 4 is 24.0 Å². The van der Waals surface area contributed by atoms with E-state index in [1.165, 1.54) is 0 Å².